The Morgan fingerprint density at radius 2 is 1.81 bits per heavy atom. The molecule has 1 amide bonds. The molecule has 0 atom stereocenters. The second-order valence-electron chi connectivity index (χ2n) is 6.07. The summed E-state index contributed by atoms with van der Waals surface area (Å²) in [5.41, 5.74) is 1.05. The maximum atomic E-state index is 12.0. The molecule has 0 aliphatic heterocycles. The number of halogens is 1. The maximum absolute atomic E-state index is 12.0. The fourth-order valence-electron chi connectivity index (χ4n) is 1.91. The average molecular weight is 413 g/mol. The number of benzene rings is 1. The van der Waals surface area contributed by atoms with Gasteiger partial charge in [0, 0.05) is 25.4 Å². The van der Waals surface area contributed by atoms with E-state index in [1.807, 2.05) is 35.6 Å². The van der Waals surface area contributed by atoms with Crippen LogP contribution in [0.3, 0.4) is 0 Å². The van der Waals surface area contributed by atoms with Crippen LogP contribution in [-0.2, 0) is 16.6 Å². The predicted octanol–water partition coefficient (Wildman–Crippen LogP) is 5.22. The Morgan fingerprint density at radius 3 is 2.38 bits per heavy atom. The molecule has 0 aliphatic carbocycles. The number of amides is 1. The van der Waals surface area contributed by atoms with Crippen LogP contribution in [-0.4, -0.2) is 5.91 Å². The smallest absolute Gasteiger partial charge is 0.224 e. The van der Waals surface area contributed by atoms with Gasteiger partial charge in [-0.2, -0.15) is 0 Å². The molecule has 0 fully saturated rings. The molecular weight excluding hydrogens is 393 g/mol. The molecule has 2 nitrogen and oxygen atoms in total. The molecule has 2 rings (SSSR count). The third-order valence-corrected chi connectivity index (χ3v) is 5.42. The Morgan fingerprint density at radius 1 is 1.14 bits per heavy atom. The summed E-state index contributed by atoms with van der Waals surface area (Å²) >= 11 is 4.06. The third-order valence-electron chi connectivity index (χ3n) is 3.13. The zero-order valence-corrected chi connectivity index (χ0v) is 15.5. The minimum absolute atomic E-state index is 0.0712. The molecule has 1 heterocycles. The molecule has 0 spiro atoms. The van der Waals surface area contributed by atoms with Crippen LogP contribution in [0.15, 0.2) is 36.4 Å². The van der Waals surface area contributed by atoms with Crippen LogP contribution in [0, 0.1) is 3.57 Å². The molecule has 2 aromatic rings. The molecular formula is C17H20INOS. The highest BCUT2D eigenvalue weighted by atomic mass is 127. The van der Waals surface area contributed by atoms with Gasteiger partial charge in [0.2, 0.25) is 5.91 Å². The van der Waals surface area contributed by atoms with E-state index in [0.717, 1.165) is 12.1 Å². The van der Waals surface area contributed by atoms with Crippen molar-refractivity contribution in [2.75, 3.05) is 5.32 Å². The molecule has 1 aromatic heterocycles. The number of aryl methyl sites for hydroxylation is 1. The number of carbonyl (C=O) groups excluding carboxylic acids is 1. The minimum Gasteiger partial charge on any atom is -0.326 e. The quantitative estimate of drug-likeness (QED) is 0.684. The van der Waals surface area contributed by atoms with Crippen molar-refractivity contribution < 1.29 is 4.79 Å². The molecule has 1 N–H and O–H groups in total. The summed E-state index contributed by atoms with van der Waals surface area (Å²) in [7, 11) is 0. The lowest BCUT2D eigenvalue weighted by Gasteiger charge is -2.15. The molecule has 1 aromatic carbocycles. The van der Waals surface area contributed by atoms with Crippen molar-refractivity contribution in [3.05, 3.63) is 49.7 Å². The normalized spacial score (nSPS) is 11.4. The first-order valence-electron chi connectivity index (χ1n) is 6.99. The lowest BCUT2D eigenvalue weighted by Crippen LogP contribution is -2.12. The van der Waals surface area contributed by atoms with E-state index < -0.39 is 0 Å². The zero-order valence-electron chi connectivity index (χ0n) is 12.6. The van der Waals surface area contributed by atoms with Crippen LogP contribution in [0.25, 0.3) is 0 Å². The summed E-state index contributed by atoms with van der Waals surface area (Å²) in [5, 5.41) is 2.94. The van der Waals surface area contributed by atoms with Gasteiger partial charge in [0.15, 0.2) is 0 Å². The average Bonchev–Trinajstić information content (AvgIpc) is 2.88. The van der Waals surface area contributed by atoms with Gasteiger partial charge >= 0.3 is 0 Å². The van der Waals surface area contributed by atoms with Crippen molar-refractivity contribution in [2.45, 2.75) is 39.0 Å². The van der Waals surface area contributed by atoms with Gasteiger partial charge in [0.1, 0.15) is 0 Å². The number of nitrogens with one attached hydrogen (secondary N) is 1. The maximum Gasteiger partial charge on any atom is 0.224 e. The molecule has 0 unspecified atom stereocenters. The summed E-state index contributed by atoms with van der Waals surface area (Å²) in [6.07, 6.45) is 1.33. The van der Waals surface area contributed by atoms with E-state index >= 15 is 0 Å². The second-order valence-corrected chi connectivity index (χ2v) is 8.48. The zero-order chi connectivity index (χ0) is 15.5. The van der Waals surface area contributed by atoms with Crippen molar-refractivity contribution in [3.63, 3.8) is 0 Å². The van der Waals surface area contributed by atoms with E-state index in [4.69, 9.17) is 0 Å². The number of rotatable bonds is 4. The summed E-state index contributed by atoms with van der Waals surface area (Å²) in [4.78, 5) is 14.6. The molecule has 0 bridgehead atoms. The molecule has 112 valence electrons. The number of hydrogen-bond acceptors (Lipinski definition) is 2. The fourth-order valence-corrected chi connectivity index (χ4v) is 3.33. The molecule has 0 saturated carbocycles. The molecule has 0 radical (unpaired) electrons. The van der Waals surface area contributed by atoms with Gasteiger partial charge in [-0.25, -0.2) is 0 Å². The van der Waals surface area contributed by atoms with Gasteiger partial charge in [0.05, 0.1) is 0 Å². The van der Waals surface area contributed by atoms with E-state index in [0.29, 0.717) is 6.42 Å². The number of carbonyl (C=O) groups is 1. The first-order chi connectivity index (χ1) is 9.84. The van der Waals surface area contributed by atoms with E-state index in [1.165, 1.54) is 13.3 Å². The van der Waals surface area contributed by atoms with E-state index in [-0.39, 0.29) is 11.3 Å². The summed E-state index contributed by atoms with van der Waals surface area (Å²) < 4.78 is 1.17. The van der Waals surface area contributed by atoms with E-state index in [9.17, 15) is 4.79 Å². The largest absolute Gasteiger partial charge is 0.326 e. The summed E-state index contributed by atoms with van der Waals surface area (Å²) in [6.45, 7) is 6.64. The van der Waals surface area contributed by atoms with Crippen LogP contribution >= 0.6 is 33.9 Å². The fraction of sp³-hybridized carbons (Fsp3) is 0.353. The lowest BCUT2D eigenvalue weighted by molar-refractivity contribution is -0.116. The van der Waals surface area contributed by atoms with Gasteiger partial charge in [-0.15, -0.1) is 11.3 Å². The third kappa shape index (κ3) is 5.11. The Kier molecular flexibility index (Phi) is 5.43. The highest BCUT2D eigenvalue weighted by Gasteiger charge is 2.16. The predicted molar refractivity (Wildman–Crippen MR) is 99.1 cm³/mol. The topological polar surface area (TPSA) is 29.1 Å². The Hall–Kier alpha value is -0.880. The number of anilines is 1. The highest BCUT2D eigenvalue weighted by molar-refractivity contribution is 14.1. The van der Waals surface area contributed by atoms with Gasteiger partial charge < -0.3 is 5.32 Å². The van der Waals surface area contributed by atoms with E-state index in [2.05, 4.69) is 60.8 Å². The summed E-state index contributed by atoms with van der Waals surface area (Å²) in [6, 6.07) is 12.2. The van der Waals surface area contributed by atoms with Crippen molar-refractivity contribution in [2.24, 2.45) is 0 Å². The Bertz CT molecular complexity index is 610. The van der Waals surface area contributed by atoms with Crippen LogP contribution in [0.2, 0.25) is 0 Å². The van der Waals surface area contributed by atoms with Crippen molar-refractivity contribution in [1.82, 2.24) is 0 Å². The highest BCUT2D eigenvalue weighted by Crippen LogP contribution is 2.30. The second kappa shape index (κ2) is 6.92. The SMILES string of the molecule is CC(C)(C)c1ccc(CCC(=O)Nc2ccc(I)cc2)s1. The first-order valence-corrected chi connectivity index (χ1v) is 8.89. The standard InChI is InChI=1S/C17H20INOS/c1-17(2,3)15-10-8-14(21-15)9-11-16(20)19-13-6-4-12(18)5-7-13/h4-8,10H,9,11H2,1-3H3,(H,19,20). The molecule has 0 saturated heterocycles. The lowest BCUT2D eigenvalue weighted by atomic mass is 9.95. The van der Waals surface area contributed by atoms with Gasteiger partial charge in [-0.3, -0.25) is 4.79 Å². The molecule has 0 aliphatic rings. The van der Waals surface area contributed by atoms with Gasteiger partial charge in [-0.05, 0) is 70.8 Å². The van der Waals surface area contributed by atoms with Crippen molar-refractivity contribution >= 4 is 45.5 Å². The molecule has 4 heteroatoms. The van der Waals surface area contributed by atoms with Crippen LogP contribution in [0.4, 0.5) is 5.69 Å². The Labute approximate surface area is 144 Å². The Balaban J connectivity index is 1.86. The van der Waals surface area contributed by atoms with E-state index in [1.54, 1.807) is 0 Å². The minimum atomic E-state index is 0.0712. The number of thiophene rings is 1. The van der Waals surface area contributed by atoms with Gasteiger partial charge in [-0.1, -0.05) is 20.8 Å². The van der Waals surface area contributed by atoms with Gasteiger partial charge in [0.25, 0.3) is 0 Å². The monoisotopic (exact) mass is 413 g/mol. The van der Waals surface area contributed by atoms with Crippen LogP contribution in [0.1, 0.15) is 36.9 Å². The molecule has 21 heavy (non-hydrogen) atoms. The van der Waals surface area contributed by atoms with Crippen molar-refractivity contribution in [1.29, 1.82) is 0 Å². The van der Waals surface area contributed by atoms with Crippen LogP contribution in [0.5, 0.6) is 0 Å². The summed E-state index contributed by atoms with van der Waals surface area (Å²) in [5.74, 6) is 0.0712. The van der Waals surface area contributed by atoms with Crippen molar-refractivity contribution in [3.8, 4) is 0 Å². The first kappa shape index (κ1) is 16.5. The number of hydrogen-bond donors (Lipinski definition) is 1. The van der Waals surface area contributed by atoms with Crippen LogP contribution < -0.4 is 5.32 Å².